The van der Waals surface area contributed by atoms with Crippen molar-refractivity contribution >= 4 is 0 Å². The number of hydrogen-bond donors (Lipinski definition) is 2. The van der Waals surface area contributed by atoms with E-state index < -0.39 is 0 Å². The largest absolute Gasteiger partial charge is 0.395 e. The molecule has 0 spiro atoms. The van der Waals surface area contributed by atoms with Crippen LogP contribution < -0.4 is 5.32 Å². The lowest BCUT2D eigenvalue weighted by molar-refractivity contribution is 0.110. The van der Waals surface area contributed by atoms with E-state index in [1.54, 1.807) is 0 Å². The van der Waals surface area contributed by atoms with Crippen molar-refractivity contribution in [2.45, 2.75) is 64.6 Å². The minimum atomic E-state index is 0.203. The lowest BCUT2D eigenvalue weighted by Crippen LogP contribution is -2.49. The fourth-order valence-corrected chi connectivity index (χ4v) is 3.07. The van der Waals surface area contributed by atoms with Crippen molar-refractivity contribution in [3.8, 4) is 0 Å². The van der Waals surface area contributed by atoms with E-state index in [2.05, 4.69) is 38.0 Å². The minimum Gasteiger partial charge on any atom is -0.395 e. The number of aliphatic hydroxyl groups excluding tert-OH is 1. The number of nitrogens with one attached hydrogen (secondary N) is 1. The quantitative estimate of drug-likeness (QED) is 0.746. The Kier molecular flexibility index (Phi) is 6.45. The van der Waals surface area contributed by atoms with E-state index in [1.807, 2.05) is 0 Å². The van der Waals surface area contributed by atoms with Gasteiger partial charge < -0.3 is 15.3 Å². The molecule has 0 aromatic rings. The van der Waals surface area contributed by atoms with Crippen LogP contribution in [0, 0.1) is 5.92 Å². The summed E-state index contributed by atoms with van der Waals surface area (Å²) in [5.41, 5.74) is 0. The Morgan fingerprint density at radius 2 is 1.94 bits per heavy atom. The van der Waals surface area contributed by atoms with Gasteiger partial charge in [-0.2, -0.15) is 0 Å². The molecular formula is C14H30N2O. The molecule has 0 heterocycles. The molecule has 1 aliphatic rings. The summed E-state index contributed by atoms with van der Waals surface area (Å²) in [7, 11) is 2.21. The van der Waals surface area contributed by atoms with Gasteiger partial charge in [-0.15, -0.1) is 0 Å². The van der Waals surface area contributed by atoms with Crippen LogP contribution in [0.1, 0.15) is 46.5 Å². The Labute approximate surface area is 107 Å². The van der Waals surface area contributed by atoms with Gasteiger partial charge in [0.15, 0.2) is 0 Å². The average Bonchev–Trinajstić information content (AvgIpc) is 2.27. The van der Waals surface area contributed by atoms with Crippen molar-refractivity contribution in [2.75, 3.05) is 20.2 Å². The Hall–Kier alpha value is -0.120. The first kappa shape index (κ1) is 14.9. The van der Waals surface area contributed by atoms with Gasteiger partial charge in [0.05, 0.1) is 6.61 Å². The number of rotatable bonds is 6. The summed E-state index contributed by atoms with van der Waals surface area (Å²) in [4.78, 5) is 2.44. The molecule has 1 saturated carbocycles. The maximum absolute atomic E-state index is 9.40. The molecule has 102 valence electrons. The third-order valence-electron chi connectivity index (χ3n) is 3.93. The van der Waals surface area contributed by atoms with Gasteiger partial charge >= 0.3 is 0 Å². The SMILES string of the molecule is CC(C)NC(CO)CN(C)C1CCCCC1C. The lowest BCUT2D eigenvalue weighted by atomic mass is 9.85. The molecule has 0 radical (unpaired) electrons. The molecule has 3 heteroatoms. The summed E-state index contributed by atoms with van der Waals surface area (Å²) >= 11 is 0. The molecule has 3 atom stereocenters. The van der Waals surface area contributed by atoms with Crippen molar-refractivity contribution < 1.29 is 5.11 Å². The average molecular weight is 242 g/mol. The minimum absolute atomic E-state index is 0.203. The van der Waals surface area contributed by atoms with Crippen molar-refractivity contribution in [3.05, 3.63) is 0 Å². The Morgan fingerprint density at radius 1 is 1.29 bits per heavy atom. The molecule has 1 rings (SSSR count). The van der Waals surface area contributed by atoms with Crippen LogP contribution in [0.2, 0.25) is 0 Å². The van der Waals surface area contributed by atoms with Gasteiger partial charge in [-0.3, -0.25) is 0 Å². The van der Waals surface area contributed by atoms with Crippen LogP contribution in [0.3, 0.4) is 0 Å². The monoisotopic (exact) mass is 242 g/mol. The molecular weight excluding hydrogens is 212 g/mol. The Morgan fingerprint density at radius 3 is 2.47 bits per heavy atom. The number of likely N-dealkylation sites (N-methyl/N-ethyl adjacent to an activating group) is 1. The van der Waals surface area contributed by atoms with E-state index in [-0.39, 0.29) is 12.6 Å². The number of nitrogens with zero attached hydrogens (tertiary/aromatic N) is 1. The normalized spacial score (nSPS) is 27.7. The van der Waals surface area contributed by atoms with Gasteiger partial charge in [0.2, 0.25) is 0 Å². The highest BCUT2D eigenvalue weighted by atomic mass is 16.3. The van der Waals surface area contributed by atoms with Crippen LogP contribution in [0.25, 0.3) is 0 Å². The summed E-state index contributed by atoms with van der Waals surface area (Å²) in [5, 5.41) is 12.8. The first-order valence-corrected chi connectivity index (χ1v) is 7.11. The highest BCUT2D eigenvalue weighted by Crippen LogP contribution is 2.27. The topological polar surface area (TPSA) is 35.5 Å². The van der Waals surface area contributed by atoms with E-state index in [4.69, 9.17) is 0 Å². The molecule has 0 aliphatic heterocycles. The molecule has 17 heavy (non-hydrogen) atoms. The molecule has 0 saturated heterocycles. The van der Waals surface area contributed by atoms with Crippen LogP contribution >= 0.6 is 0 Å². The first-order chi connectivity index (χ1) is 8.04. The molecule has 1 aliphatic carbocycles. The van der Waals surface area contributed by atoms with E-state index in [0.717, 1.165) is 12.5 Å². The van der Waals surface area contributed by atoms with Gasteiger partial charge in [0, 0.05) is 24.7 Å². The van der Waals surface area contributed by atoms with Crippen molar-refractivity contribution in [2.24, 2.45) is 5.92 Å². The highest BCUT2D eigenvalue weighted by Gasteiger charge is 2.26. The fraction of sp³-hybridized carbons (Fsp3) is 1.00. The van der Waals surface area contributed by atoms with Crippen molar-refractivity contribution in [3.63, 3.8) is 0 Å². The summed E-state index contributed by atoms with van der Waals surface area (Å²) in [6.07, 6.45) is 5.42. The zero-order valence-electron chi connectivity index (χ0n) is 11.9. The van der Waals surface area contributed by atoms with E-state index in [9.17, 15) is 5.11 Å². The first-order valence-electron chi connectivity index (χ1n) is 7.11. The van der Waals surface area contributed by atoms with Crippen LogP contribution in [0.4, 0.5) is 0 Å². The molecule has 3 unspecified atom stereocenters. The van der Waals surface area contributed by atoms with Gasteiger partial charge in [0.1, 0.15) is 0 Å². The maximum atomic E-state index is 9.40. The second-order valence-electron chi connectivity index (χ2n) is 5.97. The molecule has 0 aromatic carbocycles. The standard InChI is InChI=1S/C14H30N2O/c1-11(2)15-13(10-17)9-16(4)14-8-6-5-7-12(14)3/h11-15,17H,5-10H2,1-4H3. The third kappa shape index (κ3) is 4.94. The maximum Gasteiger partial charge on any atom is 0.0597 e. The molecule has 2 N–H and O–H groups in total. The Bertz CT molecular complexity index is 208. The second kappa shape index (κ2) is 7.34. The van der Waals surface area contributed by atoms with Crippen LogP contribution in [-0.2, 0) is 0 Å². The smallest absolute Gasteiger partial charge is 0.0597 e. The second-order valence-corrected chi connectivity index (χ2v) is 5.97. The van der Waals surface area contributed by atoms with Crippen molar-refractivity contribution in [1.29, 1.82) is 0 Å². The van der Waals surface area contributed by atoms with Crippen molar-refractivity contribution in [1.82, 2.24) is 10.2 Å². The number of hydrogen-bond acceptors (Lipinski definition) is 3. The lowest BCUT2D eigenvalue weighted by Gasteiger charge is -2.38. The zero-order chi connectivity index (χ0) is 12.8. The third-order valence-corrected chi connectivity index (χ3v) is 3.93. The highest BCUT2D eigenvalue weighted by molar-refractivity contribution is 4.82. The van der Waals surface area contributed by atoms with E-state index in [1.165, 1.54) is 25.7 Å². The van der Waals surface area contributed by atoms with Gasteiger partial charge in [-0.1, -0.05) is 33.6 Å². The summed E-state index contributed by atoms with van der Waals surface area (Å²) < 4.78 is 0. The van der Waals surface area contributed by atoms with E-state index >= 15 is 0 Å². The van der Waals surface area contributed by atoms with Gasteiger partial charge in [-0.25, -0.2) is 0 Å². The van der Waals surface area contributed by atoms with Gasteiger partial charge in [-0.05, 0) is 25.8 Å². The predicted molar refractivity (Wildman–Crippen MR) is 73.2 cm³/mol. The zero-order valence-corrected chi connectivity index (χ0v) is 11.9. The molecule has 3 nitrogen and oxygen atoms in total. The van der Waals surface area contributed by atoms with Crippen LogP contribution in [0.5, 0.6) is 0 Å². The molecule has 0 bridgehead atoms. The summed E-state index contributed by atoms with van der Waals surface area (Å²) in [5.74, 6) is 0.798. The molecule has 1 fully saturated rings. The number of aliphatic hydroxyl groups is 1. The molecule has 0 aromatic heterocycles. The molecule has 0 amide bonds. The van der Waals surface area contributed by atoms with Crippen LogP contribution in [0.15, 0.2) is 0 Å². The fourth-order valence-electron chi connectivity index (χ4n) is 3.07. The summed E-state index contributed by atoms with van der Waals surface area (Å²) in [6, 6.07) is 1.34. The summed E-state index contributed by atoms with van der Waals surface area (Å²) in [6.45, 7) is 7.80. The van der Waals surface area contributed by atoms with Gasteiger partial charge in [0.25, 0.3) is 0 Å². The Balaban J connectivity index is 2.42. The predicted octanol–water partition coefficient (Wildman–Crippen LogP) is 1.86. The van der Waals surface area contributed by atoms with E-state index in [0.29, 0.717) is 12.1 Å². The van der Waals surface area contributed by atoms with Crippen LogP contribution in [-0.4, -0.2) is 48.3 Å².